The number of hydrogen-bond donors (Lipinski definition) is 2. The fraction of sp³-hybridized carbons (Fsp3) is 0.211. The Bertz CT molecular complexity index is 953. The van der Waals surface area contributed by atoms with Crippen molar-refractivity contribution in [2.45, 2.75) is 24.8 Å². The number of benzene rings is 1. The number of hydrogen-bond acceptors (Lipinski definition) is 3. The molecule has 3 aromatic rings. The zero-order valence-electron chi connectivity index (χ0n) is 13.0. The Morgan fingerprint density at radius 1 is 1.33 bits per heavy atom. The van der Waals surface area contributed by atoms with Gasteiger partial charge in [-0.25, -0.2) is 4.98 Å². The summed E-state index contributed by atoms with van der Waals surface area (Å²) < 4.78 is 0. The maximum Gasteiger partial charge on any atom is 0.270 e. The van der Waals surface area contributed by atoms with Gasteiger partial charge in [-0.05, 0) is 36.1 Å². The van der Waals surface area contributed by atoms with E-state index in [2.05, 4.69) is 38.6 Å². The average molecular weight is 316 g/mol. The van der Waals surface area contributed by atoms with Crippen molar-refractivity contribution in [1.82, 2.24) is 20.5 Å². The number of amides is 1. The van der Waals surface area contributed by atoms with Crippen LogP contribution in [0.4, 0.5) is 0 Å². The van der Waals surface area contributed by atoms with Gasteiger partial charge < -0.3 is 5.32 Å². The predicted molar refractivity (Wildman–Crippen MR) is 91.5 cm³/mol. The average Bonchev–Trinajstić information content (AvgIpc) is 3.24. The molecule has 4 rings (SSSR count). The molecule has 2 heterocycles. The summed E-state index contributed by atoms with van der Waals surface area (Å²) in [5.74, 6) is 2.63. The van der Waals surface area contributed by atoms with Crippen LogP contribution in [0.15, 0.2) is 42.6 Å². The van der Waals surface area contributed by atoms with Crippen molar-refractivity contribution in [2.24, 2.45) is 0 Å². The van der Waals surface area contributed by atoms with Crippen LogP contribution >= 0.6 is 0 Å². The van der Waals surface area contributed by atoms with Crippen molar-refractivity contribution < 1.29 is 4.79 Å². The molecule has 2 N–H and O–H groups in total. The number of carbonyl (C=O) groups is 1. The van der Waals surface area contributed by atoms with Gasteiger partial charge in [0.2, 0.25) is 0 Å². The molecule has 0 saturated heterocycles. The quantitative estimate of drug-likeness (QED) is 0.729. The maximum absolute atomic E-state index is 12.7. The minimum absolute atomic E-state index is 0.141. The van der Waals surface area contributed by atoms with E-state index in [1.165, 1.54) is 11.1 Å². The first kappa shape index (κ1) is 14.5. The molecule has 2 unspecified atom stereocenters. The van der Waals surface area contributed by atoms with E-state index >= 15 is 0 Å². The summed E-state index contributed by atoms with van der Waals surface area (Å²) in [5.41, 5.74) is 3.46. The van der Waals surface area contributed by atoms with Gasteiger partial charge in [0, 0.05) is 12.1 Å². The highest BCUT2D eigenvalue weighted by Gasteiger charge is 2.30. The fourth-order valence-electron chi connectivity index (χ4n) is 3.43. The summed E-state index contributed by atoms with van der Waals surface area (Å²) in [7, 11) is 0. The minimum atomic E-state index is -0.351. The molecule has 0 saturated carbocycles. The highest BCUT2D eigenvalue weighted by atomic mass is 16.2. The molecule has 1 amide bonds. The molecular formula is C19H16N4O. The van der Waals surface area contributed by atoms with Crippen LogP contribution in [0.3, 0.4) is 0 Å². The van der Waals surface area contributed by atoms with Gasteiger partial charge in [-0.2, -0.15) is 5.10 Å². The second kappa shape index (κ2) is 5.82. The Balaban J connectivity index is 1.60. The number of pyridine rings is 1. The molecule has 1 aliphatic carbocycles. The van der Waals surface area contributed by atoms with Gasteiger partial charge in [0.05, 0.1) is 11.4 Å². The lowest BCUT2D eigenvalue weighted by Gasteiger charge is -2.20. The van der Waals surface area contributed by atoms with Gasteiger partial charge in [0.15, 0.2) is 5.65 Å². The zero-order valence-corrected chi connectivity index (χ0v) is 13.0. The van der Waals surface area contributed by atoms with Crippen molar-refractivity contribution in [3.63, 3.8) is 0 Å². The number of carbonyl (C=O) groups excluding carboxylic acids is 1. The van der Waals surface area contributed by atoms with E-state index in [0.29, 0.717) is 16.7 Å². The molecule has 5 heteroatoms. The number of fused-ring (bicyclic) bond motifs is 2. The maximum atomic E-state index is 12.7. The van der Waals surface area contributed by atoms with Gasteiger partial charge in [-0.15, -0.1) is 6.42 Å². The van der Waals surface area contributed by atoms with E-state index in [9.17, 15) is 4.79 Å². The highest BCUT2D eigenvalue weighted by molar-refractivity contribution is 6.04. The molecule has 0 aliphatic heterocycles. The van der Waals surface area contributed by atoms with Crippen molar-refractivity contribution in [3.8, 4) is 12.3 Å². The van der Waals surface area contributed by atoms with Crippen LogP contribution in [0, 0.1) is 12.3 Å². The van der Waals surface area contributed by atoms with E-state index in [-0.39, 0.29) is 17.9 Å². The molecule has 0 spiro atoms. The van der Waals surface area contributed by atoms with E-state index < -0.39 is 0 Å². The number of terminal acetylenes is 1. The molecule has 1 aromatic carbocycles. The van der Waals surface area contributed by atoms with Crippen LogP contribution in [-0.4, -0.2) is 27.1 Å². The lowest BCUT2D eigenvalue weighted by molar-refractivity contribution is 0.0938. The van der Waals surface area contributed by atoms with E-state index in [0.717, 1.165) is 12.8 Å². The minimum Gasteiger partial charge on any atom is -0.336 e. The molecule has 24 heavy (non-hydrogen) atoms. The van der Waals surface area contributed by atoms with Crippen LogP contribution in [0.25, 0.3) is 11.0 Å². The summed E-state index contributed by atoms with van der Waals surface area (Å²) in [6, 6.07) is 11.5. The van der Waals surface area contributed by atoms with Crippen LogP contribution in [0.2, 0.25) is 0 Å². The third-order valence-corrected chi connectivity index (χ3v) is 4.60. The van der Waals surface area contributed by atoms with Crippen LogP contribution in [0.5, 0.6) is 0 Å². The van der Waals surface area contributed by atoms with Crippen molar-refractivity contribution in [3.05, 3.63) is 59.4 Å². The van der Waals surface area contributed by atoms with E-state index in [1.807, 2.05) is 18.2 Å². The van der Waals surface area contributed by atoms with Crippen LogP contribution in [0.1, 0.15) is 34.0 Å². The Morgan fingerprint density at radius 3 is 3.08 bits per heavy atom. The first-order valence-electron chi connectivity index (χ1n) is 7.92. The van der Waals surface area contributed by atoms with E-state index in [4.69, 9.17) is 6.42 Å². The predicted octanol–water partition coefficient (Wildman–Crippen LogP) is 2.42. The Hall–Kier alpha value is -3.13. The topological polar surface area (TPSA) is 70.7 Å². The number of aromatic amines is 1. The summed E-state index contributed by atoms with van der Waals surface area (Å²) >= 11 is 0. The summed E-state index contributed by atoms with van der Waals surface area (Å²) in [5, 5.41) is 10.5. The lowest BCUT2D eigenvalue weighted by atomic mass is 9.93. The molecule has 0 bridgehead atoms. The Labute approximate surface area is 139 Å². The smallest absolute Gasteiger partial charge is 0.270 e. The van der Waals surface area contributed by atoms with Crippen molar-refractivity contribution in [1.29, 1.82) is 0 Å². The second-order valence-corrected chi connectivity index (χ2v) is 5.93. The molecule has 2 atom stereocenters. The first-order valence-corrected chi connectivity index (χ1v) is 7.92. The van der Waals surface area contributed by atoms with Crippen molar-refractivity contribution in [2.75, 3.05) is 0 Å². The monoisotopic (exact) mass is 316 g/mol. The van der Waals surface area contributed by atoms with Gasteiger partial charge in [-0.3, -0.25) is 9.89 Å². The SMILES string of the molecule is C#CC(NC(=O)c1[nH]nc2ncccc12)C1CCc2ccccc21. The summed E-state index contributed by atoms with van der Waals surface area (Å²) in [6.45, 7) is 0. The zero-order chi connectivity index (χ0) is 16.5. The third kappa shape index (κ3) is 2.33. The third-order valence-electron chi connectivity index (χ3n) is 4.60. The number of aryl methyl sites for hydroxylation is 1. The fourth-order valence-corrected chi connectivity index (χ4v) is 3.43. The standard InChI is InChI=1S/C19H16N4O/c1-2-16(14-10-9-12-6-3-4-7-13(12)14)21-19(24)17-15-8-5-11-20-18(15)23-22-17/h1,3-8,11,14,16H,9-10H2,(H,21,24)(H,20,22,23). The van der Waals surface area contributed by atoms with E-state index in [1.54, 1.807) is 12.3 Å². The number of nitrogens with one attached hydrogen (secondary N) is 2. The number of rotatable bonds is 3. The molecule has 0 radical (unpaired) electrons. The number of aromatic nitrogens is 3. The largest absolute Gasteiger partial charge is 0.336 e. The molecule has 0 fully saturated rings. The highest BCUT2D eigenvalue weighted by Crippen LogP contribution is 2.35. The Kier molecular flexibility index (Phi) is 3.51. The van der Waals surface area contributed by atoms with Gasteiger partial charge in [0.1, 0.15) is 5.69 Å². The molecule has 2 aromatic heterocycles. The molecular weight excluding hydrogens is 300 g/mol. The molecule has 118 valence electrons. The summed E-state index contributed by atoms with van der Waals surface area (Å²) in [4.78, 5) is 16.8. The van der Waals surface area contributed by atoms with Crippen LogP contribution < -0.4 is 5.32 Å². The van der Waals surface area contributed by atoms with Gasteiger partial charge in [0.25, 0.3) is 5.91 Å². The number of nitrogens with zero attached hydrogens (tertiary/aromatic N) is 2. The normalized spacial score (nSPS) is 17.2. The lowest BCUT2D eigenvalue weighted by Crippen LogP contribution is -2.38. The van der Waals surface area contributed by atoms with Crippen LogP contribution in [-0.2, 0) is 6.42 Å². The first-order chi connectivity index (χ1) is 11.8. The molecule has 1 aliphatic rings. The number of H-pyrrole nitrogens is 1. The van der Waals surface area contributed by atoms with Gasteiger partial charge in [-0.1, -0.05) is 30.2 Å². The molecule has 5 nitrogen and oxygen atoms in total. The Morgan fingerprint density at radius 2 is 2.21 bits per heavy atom. The van der Waals surface area contributed by atoms with Gasteiger partial charge >= 0.3 is 0 Å². The second-order valence-electron chi connectivity index (χ2n) is 5.93. The van der Waals surface area contributed by atoms with Crippen molar-refractivity contribution >= 4 is 16.9 Å². The summed E-state index contributed by atoms with van der Waals surface area (Å²) in [6.07, 6.45) is 9.30.